The van der Waals surface area contributed by atoms with Crippen molar-refractivity contribution in [2.45, 2.75) is 40.5 Å². The van der Waals surface area contributed by atoms with E-state index in [9.17, 15) is 9.59 Å². The average Bonchev–Trinajstić information content (AvgIpc) is 2.80. The molecule has 19 heavy (non-hydrogen) atoms. The number of nitrogens with zero attached hydrogens (tertiary/aromatic N) is 2. The topological polar surface area (TPSA) is 50.3 Å². The fourth-order valence-electron chi connectivity index (χ4n) is 3.45. The highest BCUT2D eigenvalue weighted by Gasteiger charge is 2.65. The minimum atomic E-state index is -0.453. The summed E-state index contributed by atoms with van der Waals surface area (Å²) in [5.41, 5.74) is -0.713. The molecule has 1 aliphatic heterocycles. The molecule has 1 aromatic heterocycles. The van der Waals surface area contributed by atoms with Gasteiger partial charge in [0, 0.05) is 17.0 Å². The number of piperidine rings is 1. The molecular weight excluding hydrogens is 260 g/mol. The number of hydrogen-bond donors (Lipinski definition) is 0. The van der Waals surface area contributed by atoms with Crippen LogP contribution in [0.25, 0.3) is 0 Å². The molecule has 0 radical (unpaired) electrons. The van der Waals surface area contributed by atoms with Crippen LogP contribution in [0.1, 0.15) is 38.5 Å². The van der Waals surface area contributed by atoms with Crippen LogP contribution in [-0.4, -0.2) is 16.8 Å². The lowest BCUT2D eigenvalue weighted by Crippen LogP contribution is -2.59. The van der Waals surface area contributed by atoms with Crippen LogP contribution in [0.5, 0.6) is 0 Å². The Morgan fingerprint density at radius 3 is 2.63 bits per heavy atom. The van der Waals surface area contributed by atoms with Crippen molar-refractivity contribution in [2.75, 3.05) is 4.90 Å². The van der Waals surface area contributed by atoms with Crippen molar-refractivity contribution in [3.05, 3.63) is 11.1 Å². The summed E-state index contributed by atoms with van der Waals surface area (Å²) in [6.07, 6.45) is 3.30. The SMILES string of the molecule is Cc1cnc(N2C(=O)[C@H]3CC[C@@](C)(C2=O)C3(C)C)s1. The largest absolute Gasteiger partial charge is 0.274 e. The average molecular weight is 278 g/mol. The first-order valence-corrected chi connectivity index (χ1v) is 7.41. The van der Waals surface area contributed by atoms with Gasteiger partial charge in [-0.25, -0.2) is 9.88 Å². The van der Waals surface area contributed by atoms with E-state index in [1.807, 2.05) is 27.7 Å². The van der Waals surface area contributed by atoms with Gasteiger partial charge in [0.25, 0.3) is 0 Å². The molecule has 2 fully saturated rings. The number of aromatic nitrogens is 1. The van der Waals surface area contributed by atoms with Crippen molar-refractivity contribution in [3.63, 3.8) is 0 Å². The number of carbonyl (C=O) groups excluding carboxylic acids is 2. The van der Waals surface area contributed by atoms with Crippen LogP contribution in [0.4, 0.5) is 5.13 Å². The van der Waals surface area contributed by atoms with E-state index in [1.165, 1.54) is 16.2 Å². The van der Waals surface area contributed by atoms with Crippen LogP contribution in [-0.2, 0) is 9.59 Å². The van der Waals surface area contributed by atoms with E-state index in [1.54, 1.807) is 6.20 Å². The maximum absolute atomic E-state index is 12.8. The summed E-state index contributed by atoms with van der Waals surface area (Å²) in [4.78, 5) is 32.0. The van der Waals surface area contributed by atoms with Gasteiger partial charge in [0.15, 0.2) is 5.13 Å². The molecule has 4 nitrogen and oxygen atoms in total. The van der Waals surface area contributed by atoms with Crippen molar-refractivity contribution in [2.24, 2.45) is 16.7 Å². The van der Waals surface area contributed by atoms with Crippen LogP contribution < -0.4 is 4.90 Å². The molecule has 2 amide bonds. The fourth-order valence-corrected chi connectivity index (χ4v) is 4.21. The van der Waals surface area contributed by atoms with Crippen molar-refractivity contribution in [1.82, 2.24) is 4.98 Å². The lowest BCUT2D eigenvalue weighted by molar-refractivity contribution is -0.146. The third-order valence-electron chi connectivity index (χ3n) is 5.22. The summed E-state index contributed by atoms with van der Waals surface area (Å²) >= 11 is 1.41. The smallest absolute Gasteiger partial charge is 0.242 e. The number of imide groups is 1. The monoisotopic (exact) mass is 278 g/mol. The number of fused-ring (bicyclic) bond motifs is 2. The van der Waals surface area contributed by atoms with Gasteiger partial charge >= 0.3 is 0 Å². The number of hydrogen-bond acceptors (Lipinski definition) is 4. The lowest BCUT2D eigenvalue weighted by Gasteiger charge is -2.46. The summed E-state index contributed by atoms with van der Waals surface area (Å²) < 4.78 is 0. The van der Waals surface area contributed by atoms with Gasteiger partial charge in [0.2, 0.25) is 11.8 Å². The van der Waals surface area contributed by atoms with Gasteiger partial charge in [0.1, 0.15) is 0 Å². The number of amides is 2. The van der Waals surface area contributed by atoms with Gasteiger partial charge in [-0.05, 0) is 25.2 Å². The predicted molar refractivity (Wildman–Crippen MR) is 74.0 cm³/mol. The maximum atomic E-state index is 12.8. The quantitative estimate of drug-likeness (QED) is 0.742. The summed E-state index contributed by atoms with van der Waals surface area (Å²) in [5.74, 6) is -0.218. The summed E-state index contributed by atoms with van der Waals surface area (Å²) in [7, 11) is 0. The van der Waals surface area contributed by atoms with E-state index in [0.29, 0.717) is 5.13 Å². The van der Waals surface area contributed by atoms with Gasteiger partial charge in [-0.2, -0.15) is 0 Å². The molecule has 0 N–H and O–H groups in total. The summed E-state index contributed by atoms with van der Waals surface area (Å²) in [6.45, 7) is 8.02. The zero-order valence-corrected chi connectivity index (χ0v) is 12.5. The highest BCUT2D eigenvalue weighted by atomic mass is 32.1. The highest BCUT2D eigenvalue weighted by molar-refractivity contribution is 7.15. The van der Waals surface area contributed by atoms with Crippen LogP contribution in [0.3, 0.4) is 0 Å². The molecule has 1 saturated heterocycles. The molecule has 1 aromatic rings. The summed E-state index contributed by atoms with van der Waals surface area (Å²) in [5, 5.41) is 0.529. The first-order valence-electron chi connectivity index (χ1n) is 6.60. The van der Waals surface area contributed by atoms with Crippen LogP contribution >= 0.6 is 11.3 Å². The highest BCUT2D eigenvalue weighted by Crippen LogP contribution is 2.60. The molecule has 3 rings (SSSR count). The molecule has 2 bridgehead atoms. The molecule has 1 aliphatic carbocycles. The zero-order chi connectivity index (χ0) is 14.0. The Kier molecular flexibility index (Phi) is 2.46. The van der Waals surface area contributed by atoms with E-state index in [4.69, 9.17) is 0 Å². The Bertz CT molecular complexity index is 578. The molecule has 2 atom stereocenters. The Hall–Kier alpha value is -1.23. The fraction of sp³-hybridized carbons (Fsp3) is 0.643. The van der Waals surface area contributed by atoms with E-state index in [2.05, 4.69) is 4.98 Å². The number of thiazole rings is 1. The second-order valence-corrected chi connectivity index (χ2v) is 7.59. The van der Waals surface area contributed by atoms with E-state index in [0.717, 1.165) is 17.7 Å². The minimum Gasteiger partial charge on any atom is -0.274 e. The molecule has 0 aromatic carbocycles. The molecule has 0 spiro atoms. The number of carbonyl (C=O) groups is 2. The molecule has 1 saturated carbocycles. The lowest BCUT2D eigenvalue weighted by atomic mass is 9.62. The molecule has 5 heteroatoms. The van der Waals surface area contributed by atoms with Crippen molar-refractivity contribution < 1.29 is 9.59 Å². The molecular formula is C14H18N2O2S. The predicted octanol–water partition coefficient (Wildman–Crippen LogP) is 2.77. The van der Waals surface area contributed by atoms with Crippen LogP contribution in [0.2, 0.25) is 0 Å². The normalized spacial score (nSPS) is 33.1. The van der Waals surface area contributed by atoms with Crippen LogP contribution in [0, 0.1) is 23.7 Å². The van der Waals surface area contributed by atoms with Gasteiger partial charge in [0.05, 0.1) is 5.41 Å². The van der Waals surface area contributed by atoms with Crippen molar-refractivity contribution >= 4 is 28.3 Å². The third-order valence-corrected chi connectivity index (χ3v) is 6.12. The van der Waals surface area contributed by atoms with Gasteiger partial charge in [-0.3, -0.25) is 9.59 Å². The van der Waals surface area contributed by atoms with Gasteiger partial charge < -0.3 is 0 Å². The van der Waals surface area contributed by atoms with E-state index < -0.39 is 5.41 Å². The second kappa shape index (κ2) is 3.66. The number of rotatable bonds is 1. The van der Waals surface area contributed by atoms with Gasteiger partial charge in [-0.15, -0.1) is 11.3 Å². The minimum absolute atomic E-state index is 0.0700. The Morgan fingerprint density at radius 1 is 1.37 bits per heavy atom. The zero-order valence-electron chi connectivity index (χ0n) is 11.7. The van der Waals surface area contributed by atoms with Crippen molar-refractivity contribution in [1.29, 1.82) is 0 Å². The van der Waals surface area contributed by atoms with E-state index in [-0.39, 0.29) is 23.1 Å². The molecule has 102 valence electrons. The first kappa shape index (κ1) is 12.8. The third kappa shape index (κ3) is 1.42. The molecule has 2 heterocycles. The maximum Gasteiger partial charge on any atom is 0.242 e. The Labute approximate surface area is 116 Å². The van der Waals surface area contributed by atoms with Gasteiger partial charge in [-0.1, -0.05) is 20.8 Å². The number of anilines is 1. The Morgan fingerprint density at radius 2 is 2.05 bits per heavy atom. The molecule has 0 unspecified atom stereocenters. The molecule has 2 aliphatic rings. The van der Waals surface area contributed by atoms with E-state index >= 15 is 0 Å². The standard InChI is InChI=1S/C14H18N2O2S/c1-8-7-15-12(19-8)16-10(17)9-5-6-14(4,11(16)18)13(9,2)3/h7,9H,5-6H2,1-4H3/t9-,14+/m1/s1. The number of aryl methyl sites for hydroxylation is 1. The summed E-state index contributed by atoms with van der Waals surface area (Å²) in [6, 6.07) is 0. The Balaban J connectivity index is 2.11. The first-order chi connectivity index (χ1) is 8.79. The van der Waals surface area contributed by atoms with Crippen LogP contribution in [0.15, 0.2) is 6.20 Å². The second-order valence-electron chi connectivity index (χ2n) is 6.38. The van der Waals surface area contributed by atoms with Crippen molar-refractivity contribution in [3.8, 4) is 0 Å².